The molecule has 0 amide bonds. The van der Waals surface area contributed by atoms with E-state index < -0.39 is 10.1 Å². The Balaban J connectivity index is 1.54. The van der Waals surface area contributed by atoms with Gasteiger partial charge in [-0.05, 0) is 62.0 Å². The predicted octanol–water partition coefficient (Wildman–Crippen LogP) is 2.74. The predicted molar refractivity (Wildman–Crippen MR) is 71.0 cm³/mol. The van der Waals surface area contributed by atoms with Gasteiger partial charge in [-0.15, -0.1) is 0 Å². The minimum Gasteiger partial charge on any atom is -0.263 e. The Bertz CT molecular complexity index is 605. The van der Waals surface area contributed by atoms with Crippen LogP contribution >= 0.6 is 0 Å². The summed E-state index contributed by atoms with van der Waals surface area (Å²) < 4.78 is 30.1. The van der Waals surface area contributed by atoms with Crippen molar-refractivity contribution >= 4 is 10.1 Å². The van der Waals surface area contributed by atoms with Crippen LogP contribution in [-0.2, 0) is 14.3 Å². The highest BCUT2D eigenvalue weighted by Gasteiger charge is 2.62. The zero-order chi connectivity index (χ0) is 13.2. The SMILES string of the molecule is Cc1ccc(S(=O)(=O)OC2CC3CC2C2CC32)cc1. The molecule has 1 aromatic rings. The molecule has 0 aliphatic heterocycles. The Kier molecular flexibility index (Phi) is 2.40. The smallest absolute Gasteiger partial charge is 0.263 e. The highest BCUT2D eigenvalue weighted by Crippen LogP contribution is 2.66. The Morgan fingerprint density at radius 2 is 1.74 bits per heavy atom. The molecule has 3 saturated carbocycles. The molecule has 2 bridgehead atoms. The number of hydrogen-bond donors (Lipinski definition) is 0. The van der Waals surface area contributed by atoms with Crippen LogP contribution in [0.15, 0.2) is 29.2 Å². The molecular formula is C15H18O3S. The van der Waals surface area contributed by atoms with E-state index in [0.29, 0.717) is 5.92 Å². The lowest BCUT2D eigenvalue weighted by Crippen LogP contribution is -2.25. The van der Waals surface area contributed by atoms with Crippen molar-refractivity contribution in [3.05, 3.63) is 29.8 Å². The van der Waals surface area contributed by atoms with Crippen molar-refractivity contribution in [2.75, 3.05) is 0 Å². The zero-order valence-corrected chi connectivity index (χ0v) is 11.8. The summed E-state index contributed by atoms with van der Waals surface area (Å²) in [6, 6.07) is 6.90. The summed E-state index contributed by atoms with van der Waals surface area (Å²) in [5, 5.41) is 0. The average Bonchev–Trinajstić information content (AvgIpc) is 2.98. The van der Waals surface area contributed by atoms with Gasteiger partial charge in [-0.1, -0.05) is 17.7 Å². The fourth-order valence-electron chi connectivity index (χ4n) is 4.17. The topological polar surface area (TPSA) is 43.4 Å². The van der Waals surface area contributed by atoms with Crippen molar-refractivity contribution < 1.29 is 12.6 Å². The first kappa shape index (κ1) is 11.9. The Morgan fingerprint density at radius 3 is 2.37 bits per heavy atom. The molecule has 5 atom stereocenters. The molecule has 3 aliphatic rings. The molecule has 3 fully saturated rings. The Hall–Kier alpha value is -0.870. The first-order valence-electron chi connectivity index (χ1n) is 7.04. The quantitative estimate of drug-likeness (QED) is 0.798. The van der Waals surface area contributed by atoms with Gasteiger partial charge in [0.1, 0.15) is 0 Å². The van der Waals surface area contributed by atoms with Crippen molar-refractivity contribution in [3.8, 4) is 0 Å². The van der Waals surface area contributed by atoms with Gasteiger partial charge in [-0.25, -0.2) is 0 Å². The normalized spacial score (nSPS) is 39.3. The van der Waals surface area contributed by atoms with Crippen LogP contribution in [0, 0.1) is 30.6 Å². The van der Waals surface area contributed by atoms with E-state index in [0.717, 1.165) is 29.7 Å². The molecule has 19 heavy (non-hydrogen) atoms. The first-order valence-corrected chi connectivity index (χ1v) is 8.45. The number of rotatable bonds is 3. The second-order valence-corrected chi connectivity index (χ2v) is 7.93. The molecule has 0 spiro atoms. The van der Waals surface area contributed by atoms with Gasteiger partial charge in [0, 0.05) is 0 Å². The summed E-state index contributed by atoms with van der Waals surface area (Å²) in [5.74, 6) is 2.88. The fraction of sp³-hybridized carbons (Fsp3) is 0.600. The minimum absolute atomic E-state index is 0.0694. The zero-order valence-electron chi connectivity index (χ0n) is 11.0. The minimum atomic E-state index is -3.59. The van der Waals surface area contributed by atoms with Crippen LogP contribution in [0.5, 0.6) is 0 Å². The van der Waals surface area contributed by atoms with E-state index in [9.17, 15) is 8.42 Å². The molecule has 3 aliphatic carbocycles. The standard InChI is InChI=1S/C15H18O3S/c1-9-2-4-11(5-3-9)19(16,17)18-15-7-10-6-14(15)13-8-12(10)13/h2-5,10,12-15H,6-8H2,1H3. The van der Waals surface area contributed by atoms with Crippen LogP contribution in [0.3, 0.4) is 0 Å². The summed E-state index contributed by atoms with van der Waals surface area (Å²) >= 11 is 0. The molecule has 0 radical (unpaired) electrons. The summed E-state index contributed by atoms with van der Waals surface area (Å²) in [6.45, 7) is 1.94. The second-order valence-electron chi connectivity index (χ2n) is 6.36. The van der Waals surface area contributed by atoms with E-state index in [-0.39, 0.29) is 11.0 Å². The van der Waals surface area contributed by atoms with Gasteiger partial charge < -0.3 is 0 Å². The van der Waals surface area contributed by atoms with Crippen LogP contribution < -0.4 is 0 Å². The number of fused-ring (bicyclic) bond motifs is 5. The maximum atomic E-state index is 12.3. The third kappa shape index (κ3) is 1.84. The Labute approximate surface area is 114 Å². The highest BCUT2D eigenvalue weighted by molar-refractivity contribution is 7.86. The van der Waals surface area contributed by atoms with Crippen molar-refractivity contribution in [3.63, 3.8) is 0 Å². The third-order valence-corrected chi connectivity index (χ3v) is 6.54. The van der Waals surface area contributed by atoms with Gasteiger partial charge in [0.05, 0.1) is 11.0 Å². The van der Waals surface area contributed by atoms with E-state index in [1.165, 1.54) is 12.8 Å². The molecule has 4 rings (SSSR count). The summed E-state index contributed by atoms with van der Waals surface area (Å²) in [4.78, 5) is 0.285. The first-order chi connectivity index (χ1) is 9.04. The molecule has 0 N–H and O–H groups in total. The molecule has 0 aromatic heterocycles. The molecule has 3 nitrogen and oxygen atoms in total. The van der Waals surface area contributed by atoms with Crippen LogP contribution in [0.4, 0.5) is 0 Å². The largest absolute Gasteiger partial charge is 0.297 e. The molecule has 0 saturated heterocycles. The van der Waals surface area contributed by atoms with Crippen molar-refractivity contribution in [2.24, 2.45) is 23.7 Å². The summed E-state index contributed by atoms with van der Waals surface area (Å²) in [7, 11) is -3.59. The monoisotopic (exact) mass is 278 g/mol. The van der Waals surface area contributed by atoms with Crippen LogP contribution in [-0.4, -0.2) is 14.5 Å². The molecule has 1 aromatic carbocycles. The second kappa shape index (κ2) is 3.83. The lowest BCUT2D eigenvalue weighted by atomic mass is 9.98. The van der Waals surface area contributed by atoms with E-state index in [1.807, 2.05) is 19.1 Å². The van der Waals surface area contributed by atoms with E-state index in [1.54, 1.807) is 12.1 Å². The fourth-order valence-corrected chi connectivity index (χ4v) is 5.30. The maximum absolute atomic E-state index is 12.3. The Morgan fingerprint density at radius 1 is 1.00 bits per heavy atom. The molecular weight excluding hydrogens is 260 g/mol. The number of benzene rings is 1. The van der Waals surface area contributed by atoms with E-state index in [2.05, 4.69) is 0 Å². The lowest BCUT2D eigenvalue weighted by molar-refractivity contribution is 0.138. The summed E-state index contributed by atoms with van der Waals surface area (Å²) in [5.41, 5.74) is 1.06. The van der Waals surface area contributed by atoms with Crippen LogP contribution in [0.1, 0.15) is 24.8 Å². The van der Waals surface area contributed by atoms with Gasteiger partial charge in [-0.2, -0.15) is 8.42 Å². The van der Waals surface area contributed by atoms with Crippen molar-refractivity contribution in [2.45, 2.75) is 37.2 Å². The van der Waals surface area contributed by atoms with Crippen molar-refractivity contribution in [1.82, 2.24) is 0 Å². The van der Waals surface area contributed by atoms with E-state index in [4.69, 9.17) is 4.18 Å². The maximum Gasteiger partial charge on any atom is 0.297 e. The van der Waals surface area contributed by atoms with Gasteiger partial charge in [-0.3, -0.25) is 4.18 Å². The third-order valence-electron chi connectivity index (χ3n) is 5.19. The van der Waals surface area contributed by atoms with Crippen LogP contribution in [0.25, 0.3) is 0 Å². The molecule has 102 valence electrons. The van der Waals surface area contributed by atoms with Gasteiger partial charge >= 0.3 is 0 Å². The van der Waals surface area contributed by atoms with E-state index >= 15 is 0 Å². The van der Waals surface area contributed by atoms with Crippen LogP contribution in [0.2, 0.25) is 0 Å². The highest BCUT2D eigenvalue weighted by atomic mass is 32.2. The van der Waals surface area contributed by atoms with Gasteiger partial charge in [0.15, 0.2) is 0 Å². The average molecular weight is 278 g/mol. The molecule has 5 unspecified atom stereocenters. The van der Waals surface area contributed by atoms with Gasteiger partial charge in [0.25, 0.3) is 10.1 Å². The lowest BCUT2D eigenvalue weighted by Gasteiger charge is -2.21. The number of aryl methyl sites for hydroxylation is 1. The number of hydrogen-bond acceptors (Lipinski definition) is 3. The molecule has 4 heteroatoms. The van der Waals surface area contributed by atoms with Crippen molar-refractivity contribution in [1.29, 1.82) is 0 Å². The van der Waals surface area contributed by atoms with Gasteiger partial charge in [0.2, 0.25) is 0 Å². The summed E-state index contributed by atoms with van der Waals surface area (Å²) in [6.07, 6.45) is 3.36. The molecule has 0 heterocycles.